The number of carbonyl (C=O) groups excluding carboxylic acids is 1. The van der Waals surface area contributed by atoms with E-state index in [4.69, 9.17) is 11.6 Å². The Hall–Kier alpha value is -0.890. The highest BCUT2D eigenvalue weighted by Crippen LogP contribution is 2.44. The summed E-state index contributed by atoms with van der Waals surface area (Å²) in [7, 11) is 0. The fourth-order valence-electron chi connectivity index (χ4n) is 3.47. The van der Waals surface area contributed by atoms with E-state index >= 15 is 0 Å². The van der Waals surface area contributed by atoms with Crippen LogP contribution < -0.4 is 0 Å². The predicted molar refractivity (Wildman–Crippen MR) is 80.5 cm³/mol. The number of hydrogen-bond donors (Lipinski definition) is 0. The third-order valence-electron chi connectivity index (χ3n) is 4.31. The van der Waals surface area contributed by atoms with Crippen LogP contribution in [0, 0.1) is 17.2 Å². The number of Topliss-reactive ketones (excluding diaryl/α,β-unsaturated/α-hetero) is 1. The number of hydrogen-bond acceptors (Lipinski definition) is 1. The molecule has 110 valence electrons. The first-order valence-electron chi connectivity index (χ1n) is 7.40. The fourth-order valence-corrected chi connectivity index (χ4v) is 3.66. The minimum Gasteiger partial charge on any atom is -0.299 e. The van der Waals surface area contributed by atoms with E-state index in [1.54, 1.807) is 6.07 Å². The Morgan fingerprint density at radius 2 is 2.00 bits per heavy atom. The minimum absolute atomic E-state index is 0.166. The quantitative estimate of drug-likeness (QED) is 0.730. The topological polar surface area (TPSA) is 17.1 Å². The lowest BCUT2D eigenvalue weighted by Gasteiger charge is -2.29. The van der Waals surface area contributed by atoms with Crippen molar-refractivity contribution in [2.45, 2.75) is 52.4 Å². The molecule has 2 rings (SSSR count). The maximum absolute atomic E-state index is 13.8. The van der Waals surface area contributed by atoms with Gasteiger partial charge < -0.3 is 0 Å². The van der Waals surface area contributed by atoms with E-state index in [9.17, 15) is 9.18 Å². The highest BCUT2D eigenvalue weighted by atomic mass is 35.5. The van der Waals surface area contributed by atoms with Crippen LogP contribution in [-0.2, 0) is 11.2 Å². The van der Waals surface area contributed by atoms with Gasteiger partial charge in [0.15, 0.2) is 0 Å². The monoisotopic (exact) mass is 296 g/mol. The molecule has 1 aromatic rings. The van der Waals surface area contributed by atoms with Gasteiger partial charge in [0, 0.05) is 16.9 Å². The molecule has 1 nitrogen and oxygen atoms in total. The van der Waals surface area contributed by atoms with Gasteiger partial charge in [0.25, 0.3) is 0 Å². The van der Waals surface area contributed by atoms with Crippen molar-refractivity contribution in [2.24, 2.45) is 11.3 Å². The molecule has 3 heteroatoms. The first kappa shape index (κ1) is 15.5. The zero-order valence-corrected chi connectivity index (χ0v) is 13.0. The molecule has 0 aliphatic heterocycles. The Kier molecular flexibility index (Phi) is 4.85. The van der Waals surface area contributed by atoms with E-state index in [1.165, 1.54) is 12.1 Å². The summed E-state index contributed by atoms with van der Waals surface area (Å²) in [5, 5.41) is 0.485. The molecule has 0 heterocycles. The molecule has 0 saturated heterocycles. The van der Waals surface area contributed by atoms with Gasteiger partial charge in [0.2, 0.25) is 0 Å². The van der Waals surface area contributed by atoms with Crippen LogP contribution in [0.1, 0.15) is 51.5 Å². The van der Waals surface area contributed by atoms with Crippen molar-refractivity contribution in [2.75, 3.05) is 0 Å². The van der Waals surface area contributed by atoms with Crippen LogP contribution in [0.25, 0.3) is 0 Å². The Morgan fingerprint density at radius 3 is 2.60 bits per heavy atom. The molecule has 0 atom stereocenters. The Morgan fingerprint density at radius 1 is 1.35 bits per heavy atom. The molecule has 1 aromatic carbocycles. The summed E-state index contributed by atoms with van der Waals surface area (Å²) < 4.78 is 13.8. The van der Waals surface area contributed by atoms with Crippen LogP contribution in [0.2, 0.25) is 5.02 Å². The van der Waals surface area contributed by atoms with Gasteiger partial charge in [-0.15, -0.1) is 0 Å². The summed E-state index contributed by atoms with van der Waals surface area (Å²) >= 11 is 5.90. The average Bonchev–Trinajstić information content (AvgIpc) is 2.82. The summed E-state index contributed by atoms with van der Waals surface area (Å²) in [6, 6.07) is 4.44. The van der Waals surface area contributed by atoms with E-state index in [2.05, 4.69) is 13.8 Å². The number of halogens is 2. The summed E-state index contributed by atoms with van der Waals surface area (Å²) in [4.78, 5) is 12.7. The summed E-state index contributed by atoms with van der Waals surface area (Å²) in [6.45, 7) is 4.29. The van der Waals surface area contributed by atoms with Crippen LogP contribution in [0.15, 0.2) is 18.2 Å². The van der Waals surface area contributed by atoms with Gasteiger partial charge in [0.1, 0.15) is 11.6 Å². The van der Waals surface area contributed by atoms with Crippen molar-refractivity contribution >= 4 is 17.4 Å². The molecule has 1 aliphatic carbocycles. The van der Waals surface area contributed by atoms with Crippen molar-refractivity contribution in [1.29, 1.82) is 0 Å². The Balaban J connectivity index is 2.18. The molecule has 0 spiro atoms. The lowest BCUT2D eigenvalue weighted by molar-refractivity contribution is -0.128. The van der Waals surface area contributed by atoms with Crippen LogP contribution in [0.5, 0.6) is 0 Å². The van der Waals surface area contributed by atoms with Crippen LogP contribution in [-0.4, -0.2) is 5.78 Å². The summed E-state index contributed by atoms with van der Waals surface area (Å²) in [5.74, 6) is 0.339. The maximum atomic E-state index is 13.8. The van der Waals surface area contributed by atoms with Crippen molar-refractivity contribution in [3.63, 3.8) is 0 Å². The normalized spacial score (nSPS) is 17.6. The molecule has 0 amide bonds. The number of benzene rings is 1. The zero-order chi connectivity index (χ0) is 14.8. The first-order chi connectivity index (χ1) is 9.43. The molecular formula is C17H22ClFO. The molecule has 1 fully saturated rings. The zero-order valence-electron chi connectivity index (χ0n) is 12.2. The van der Waals surface area contributed by atoms with E-state index in [1.807, 2.05) is 0 Å². The van der Waals surface area contributed by atoms with Gasteiger partial charge in [-0.3, -0.25) is 4.79 Å². The highest BCUT2D eigenvalue weighted by molar-refractivity contribution is 6.30. The van der Waals surface area contributed by atoms with Crippen molar-refractivity contribution < 1.29 is 9.18 Å². The lowest BCUT2D eigenvalue weighted by Crippen LogP contribution is -2.31. The van der Waals surface area contributed by atoms with Crippen LogP contribution in [0.4, 0.5) is 4.39 Å². The van der Waals surface area contributed by atoms with Crippen LogP contribution in [0.3, 0.4) is 0 Å². The van der Waals surface area contributed by atoms with Gasteiger partial charge in [-0.1, -0.05) is 38.3 Å². The largest absolute Gasteiger partial charge is 0.299 e. The molecule has 0 aromatic heterocycles. The molecular weight excluding hydrogens is 275 g/mol. The molecule has 1 aliphatic rings. The smallest absolute Gasteiger partial charge is 0.143 e. The van der Waals surface area contributed by atoms with Gasteiger partial charge in [-0.05, 0) is 48.9 Å². The number of carbonyl (C=O) groups is 1. The standard InChI is InChI=1S/C17H22ClFO/c1-12(2)11-17(7-3-4-8-17)16(20)10-13-9-14(18)5-6-15(13)19/h5-6,9,12H,3-4,7-8,10-11H2,1-2H3. The lowest BCUT2D eigenvalue weighted by atomic mass is 9.73. The van der Waals surface area contributed by atoms with Gasteiger partial charge in [-0.2, -0.15) is 0 Å². The fraction of sp³-hybridized carbons (Fsp3) is 0.588. The second-order valence-electron chi connectivity index (χ2n) is 6.42. The average molecular weight is 297 g/mol. The van der Waals surface area contributed by atoms with Crippen molar-refractivity contribution in [1.82, 2.24) is 0 Å². The molecule has 1 saturated carbocycles. The summed E-state index contributed by atoms with van der Waals surface area (Å²) in [5.41, 5.74) is 0.195. The summed E-state index contributed by atoms with van der Waals surface area (Å²) in [6.07, 6.45) is 5.19. The number of ketones is 1. The first-order valence-corrected chi connectivity index (χ1v) is 7.78. The Labute approximate surface area is 125 Å². The SMILES string of the molecule is CC(C)CC1(C(=O)Cc2cc(Cl)ccc2F)CCCC1. The molecule has 0 unspecified atom stereocenters. The van der Waals surface area contributed by atoms with Crippen LogP contribution >= 0.6 is 11.6 Å². The highest BCUT2D eigenvalue weighted by Gasteiger charge is 2.40. The van der Waals surface area contributed by atoms with Gasteiger partial charge in [0.05, 0.1) is 0 Å². The predicted octanol–water partition coefficient (Wildman–Crippen LogP) is 5.20. The number of rotatable bonds is 5. The minimum atomic E-state index is -0.333. The second kappa shape index (κ2) is 6.26. The second-order valence-corrected chi connectivity index (χ2v) is 6.86. The van der Waals surface area contributed by atoms with Gasteiger partial charge in [-0.25, -0.2) is 4.39 Å². The third-order valence-corrected chi connectivity index (χ3v) is 4.55. The van der Waals surface area contributed by atoms with E-state index < -0.39 is 0 Å². The molecule has 0 bridgehead atoms. The maximum Gasteiger partial charge on any atom is 0.143 e. The third kappa shape index (κ3) is 3.41. The molecule has 0 N–H and O–H groups in total. The van der Waals surface area contributed by atoms with E-state index in [0.29, 0.717) is 16.5 Å². The van der Waals surface area contributed by atoms with Crippen molar-refractivity contribution in [3.8, 4) is 0 Å². The van der Waals surface area contributed by atoms with Crippen molar-refractivity contribution in [3.05, 3.63) is 34.6 Å². The van der Waals surface area contributed by atoms with Gasteiger partial charge >= 0.3 is 0 Å². The molecule has 20 heavy (non-hydrogen) atoms. The van der Waals surface area contributed by atoms with E-state index in [-0.39, 0.29) is 23.4 Å². The molecule has 0 radical (unpaired) electrons. The Bertz CT molecular complexity index is 490. The van der Waals surface area contributed by atoms with E-state index in [0.717, 1.165) is 32.1 Å².